The third-order valence-corrected chi connectivity index (χ3v) is 4.58. The van der Waals surface area contributed by atoms with Crippen molar-refractivity contribution in [1.82, 2.24) is 0 Å². The van der Waals surface area contributed by atoms with Gasteiger partial charge in [-0.3, -0.25) is 0 Å². The molecule has 28 heavy (non-hydrogen) atoms. The van der Waals surface area contributed by atoms with E-state index in [4.69, 9.17) is 23.7 Å². The van der Waals surface area contributed by atoms with E-state index in [-0.39, 0.29) is 31.5 Å². The van der Waals surface area contributed by atoms with Crippen LogP contribution in [0.1, 0.15) is 12.5 Å². The third kappa shape index (κ3) is 5.21. The third-order valence-electron chi connectivity index (χ3n) is 4.58. The molecule has 0 bridgehead atoms. The van der Waals surface area contributed by atoms with Gasteiger partial charge in [0.15, 0.2) is 6.10 Å². The largest absolute Gasteiger partial charge is 0.490 e. The molecule has 2 aliphatic heterocycles. The van der Waals surface area contributed by atoms with Crippen molar-refractivity contribution in [1.29, 1.82) is 0 Å². The number of ether oxygens (including phenoxy) is 5. The lowest BCUT2D eigenvalue weighted by atomic mass is 10.0. The average Bonchev–Trinajstić information content (AvgIpc) is 3.27. The van der Waals surface area contributed by atoms with Gasteiger partial charge in [0.1, 0.15) is 25.1 Å². The van der Waals surface area contributed by atoms with Crippen molar-refractivity contribution >= 4 is 18.0 Å². The fraction of sp³-hybridized carbons (Fsp3) is 0.429. The monoisotopic (exact) mass is 388 g/mol. The van der Waals surface area contributed by atoms with Crippen molar-refractivity contribution in [3.63, 3.8) is 0 Å². The Hall–Kier alpha value is -2.64. The van der Waals surface area contributed by atoms with Gasteiger partial charge in [0.05, 0.1) is 19.3 Å². The number of hydrogen-bond acceptors (Lipinski definition) is 7. The average molecular weight is 388 g/mol. The van der Waals surface area contributed by atoms with Gasteiger partial charge >= 0.3 is 11.9 Å². The quantitative estimate of drug-likeness (QED) is 0.383. The van der Waals surface area contributed by atoms with Crippen molar-refractivity contribution in [3.8, 4) is 5.75 Å². The van der Waals surface area contributed by atoms with Crippen LogP contribution in [0.4, 0.5) is 0 Å². The minimum absolute atomic E-state index is 0.00890. The van der Waals surface area contributed by atoms with Crippen LogP contribution in [0.3, 0.4) is 0 Å². The lowest BCUT2D eigenvalue weighted by molar-refractivity contribution is -0.147. The molecule has 3 rings (SSSR count). The Balaban J connectivity index is 1.42. The number of benzene rings is 1. The summed E-state index contributed by atoms with van der Waals surface area (Å²) in [5.41, 5.74) is 0.827. The van der Waals surface area contributed by atoms with E-state index >= 15 is 0 Å². The standard InChI is InChI=1S/C21H24O7/c1-3-18(22)25-11-10-24-16-7-4-15(5-8-16)6-9-19(23)28-17-13-27-20-14(2)12-26-21(17)20/h3-9,14,17,20-21H,1,10-13H2,2H3/b9-6+/t14-,17+,20+,21+/m0/s1. The zero-order valence-electron chi connectivity index (χ0n) is 15.7. The smallest absolute Gasteiger partial charge is 0.331 e. The van der Waals surface area contributed by atoms with Crippen LogP contribution in [-0.2, 0) is 28.5 Å². The number of rotatable bonds is 8. The second-order valence-electron chi connectivity index (χ2n) is 6.67. The van der Waals surface area contributed by atoms with Crippen molar-refractivity contribution in [2.75, 3.05) is 26.4 Å². The SMILES string of the molecule is C=CC(=O)OCCOc1ccc(/C=C/C(=O)O[C@@H]2CO[C@H]3[C@@H]2OC[C@@H]3C)cc1. The molecule has 0 aromatic heterocycles. The van der Waals surface area contributed by atoms with Crippen LogP contribution >= 0.6 is 0 Å². The predicted octanol–water partition coefficient (Wildman–Crippen LogP) is 2.15. The van der Waals surface area contributed by atoms with Gasteiger partial charge < -0.3 is 23.7 Å². The van der Waals surface area contributed by atoms with Crippen LogP contribution in [0.5, 0.6) is 5.75 Å². The summed E-state index contributed by atoms with van der Waals surface area (Å²) in [7, 11) is 0. The first-order valence-corrected chi connectivity index (χ1v) is 9.21. The molecule has 7 nitrogen and oxygen atoms in total. The first-order valence-electron chi connectivity index (χ1n) is 9.21. The highest BCUT2D eigenvalue weighted by Gasteiger charge is 2.47. The summed E-state index contributed by atoms with van der Waals surface area (Å²) >= 11 is 0. The van der Waals surface area contributed by atoms with Crippen LogP contribution < -0.4 is 4.74 Å². The zero-order chi connectivity index (χ0) is 19.9. The van der Waals surface area contributed by atoms with E-state index in [0.29, 0.717) is 24.9 Å². The van der Waals surface area contributed by atoms with Crippen molar-refractivity contribution in [2.24, 2.45) is 5.92 Å². The fourth-order valence-corrected chi connectivity index (χ4v) is 3.14. The van der Waals surface area contributed by atoms with Gasteiger partial charge in [0, 0.05) is 18.1 Å². The molecule has 1 aromatic rings. The molecular weight excluding hydrogens is 364 g/mol. The maximum atomic E-state index is 12.1. The Labute approximate surface area is 163 Å². The molecule has 7 heteroatoms. The molecular formula is C21H24O7. The summed E-state index contributed by atoms with van der Waals surface area (Å²) in [4.78, 5) is 23.0. The molecule has 0 radical (unpaired) electrons. The number of carbonyl (C=O) groups is 2. The Kier molecular flexibility index (Phi) is 6.84. The summed E-state index contributed by atoms with van der Waals surface area (Å²) in [5.74, 6) is 0.0430. The van der Waals surface area contributed by atoms with E-state index < -0.39 is 11.9 Å². The van der Waals surface area contributed by atoms with Crippen LogP contribution in [-0.4, -0.2) is 56.7 Å². The summed E-state index contributed by atoms with van der Waals surface area (Å²) in [6.07, 6.45) is 3.63. The van der Waals surface area contributed by atoms with E-state index in [1.807, 2.05) is 12.1 Å². The number of fused-ring (bicyclic) bond motifs is 1. The van der Waals surface area contributed by atoms with E-state index in [1.54, 1.807) is 18.2 Å². The number of esters is 2. The van der Waals surface area contributed by atoms with Crippen LogP contribution in [0.15, 0.2) is 43.0 Å². The fourth-order valence-electron chi connectivity index (χ4n) is 3.14. The topological polar surface area (TPSA) is 80.3 Å². The molecule has 0 amide bonds. The number of hydrogen-bond donors (Lipinski definition) is 0. The van der Waals surface area contributed by atoms with Crippen LogP contribution in [0, 0.1) is 5.92 Å². The van der Waals surface area contributed by atoms with Crippen molar-refractivity contribution in [3.05, 3.63) is 48.6 Å². The van der Waals surface area contributed by atoms with E-state index in [1.165, 1.54) is 6.08 Å². The summed E-state index contributed by atoms with van der Waals surface area (Å²) in [5, 5.41) is 0. The lowest BCUT2D eigenvalue weighted by Crippen LogP contribution is -2.32. The molecule has 0 saturated carbocycles. The Morgan fingerprint density at radius 2 is 1.86 bits per heavy atom. The van der Waals surface area contributed by atoms with Gasteiger partial charge in [-0.2, -0.15) is 0 Å². The Morgan fingerprint density at radius 1 is 1.11 bits per heavy atom. The molecule has 150 valence electrons. The highest BCUT2D eigenvalue weighted by molar-refractivity contribution is 5.87. The minimum Gasteiger partial charge on any atom is -0.490 e. The van der Waals surface area contributed by atoms with Gasteiger partial charge in [0.25, 0.3) is 0 Å². The van der Waals surface area contributed by atoms with Crippen LogP contribution in [0.25, 0.3) is 6.08 Å². The van der Waals surface area contributed by atoms with Crippen molar-refractivity contribution in [2.45, 2.75) is 25.2 Å². The summed E-state index contributed by atoms with van der Waals surface area (Å²) in [6.45, 7) is 6.77. The molecule has 0 unspecified atom stereocenters. The Morgan fingerprint density at radius 3 is 2.61 bits per heavy atom. The first kappa shape index (κ1) is 20.1. The van der Waals surface area contributed by atoms with E-state index in [0.717, 1.165) is 11.6 Å². The van der Waals surface area contributed by atoms with E-state index in [9.17, 15) is 9.59 Å². The van der Waals surface area contributed by atoms with Gasteiger partial charge in [-0.25, -0.2) is 9.59 Å². The van der Waals surface area contributed by atoms with E-state index in [2.05, 4.69) is 13.5 Å². The second-order valence-corrected chi connectivity index (χ2v) is 6.67. The zero-order valence-corrected chi connectivity index (χ0v) is 15.7. The predicted molar refractivity (Wildman–Crippen MR) is 101 cm³/mol. The molecule has 2 aliphatic rings. The molecule has 4 atom stereocenters. The molecule has 2 heterocycles. The molecule has 0 N–H and O–H groups in total. The maximum Gasteiger partial charge on any atom is 0.331 e. The molecule has 2 saturated heterocycles. The normalized spacial score (nSPS) is 26.0. The summed E-state index contributed by atoms with van der Waals surface area (Å²) in [6, 6.07) is 7.16. The summed E-state index contributed by atoms with van der Waals surface area (Å²) < 4.78 is 27.1. The second kappa shape index (κ2) is 9.52. The molecule has 2 fully saturated rings. The lowest BCUT2D eigenvalue weighted by Gasteiger charge is -2.15. The minimum atomic E-state index is -0.482. The first-order chi connectivity index (χ1) is 13.6. The highest BCUT2D eigenvalue weighted by Crippen LogP contribution is 2.32. The highest BCUT2D eigenvalue weighted by atomic mass is 16.6. The molecule has 0 aliphatic carbocycles. The van der Waals surface area contributed by atoms with Gasteiger partial charge in [-0.1, -0.05) is 25.6 Å². The van der Waals surface area contributed by atoms with Gasteiger partial charge in [-0.15, -0.1) is 0 Å². The molecule has 0 spiro atoms. The van der Waals surface area contributed by atoms with Gasteiger partial charge in [-0.05, 0) is 23.8 Å². The van der Waals surface area contributed by atoms with Gasteiger partial charge in [0.2, 0.25) is 0 Å². The maximum absolute atomic E-state index is 12.1. The number of carbonyl (C=O) groups excluding carboxylic acids is 2. The Bertz CT molecular complexity index is 725. The van der Waals surface area contributed by atoms with Crippen LogP contribution in [0.2, 0.25) is 0 Å². The van der Waals surface area contributed by atoms with Crippen molar-refractivity contribution < 1.29 is 33.3 Å². The molecule has 1 aromatic carbocycles.